The van der Waals surface area contributed by atoms with E-state index in [1.807, 2.05) is 33.3 Å². The monoisotopic (exact) mass is 1020 g/mol. The van der Waals surface area contributed by atoms with Crippen LogP contribution in [0.25, 0.3) is 0 Å². The van der Waals surface area contributed by atoms with Crippen molar-refractivity contribution in [2.24, 2.45) is 0 Å². The normalized spacial score (nSPS) is 14.6. The van der Waals surface area contributed by atoms with Crippen LogP contribution in [0.1, 0.15) is 220 Å². The number of carbonyl (C=O) groups is 2. The molecule has 3 unspecified atom stereocenters. The molecule has 0 bridgehead atoms. The van der Waals surface area contributed by atoms with E-state index < -0.39 is 26.6 Å². The fourth-order valence-corrected chi connectivity index (χ4v) is 8.28. The van der Waals surface area contributed by atoms with Gasteiger partial charge in [-0.3, -0.25) is 14.2 Å². The van der Waals surface area contributed by atoms with E-state index in [9.17, 15) is 19.0 Å². The van der Waals surface area contributed by atoms with Crippen LogP contribution in [-0.4, -0.2) is 69.4 Å². The highest BCUT2D eigenvalue weighted by Gasteiger charge is 2.27. The van der Waals surface area contributed by atoms with Gasteiger partial charge in [0.1, 0.15) is 19.3 Å². The third kappa shape index (κ3) is 51.6. The van der Waals surface area contributed by atoms with Gasteiger partial charge in [-0.05, 0) is 109 Å². The number of esters is 1. The minimum absolute atomic E-state index is 0.0380. The predicted octanol–water partition coefficient (Wildman–Crippen LogP) is 16.7. The van der Waals surface area contributed by atoms with Crippen molar-refractivity contribution in [3.63, 3.8) is 0 Å². The standard InChI is InChI=1S/C62H107N2O7P/c1-7-10-13-16-19-22-25-27-29-30-31-32-33-34-35-36-39-42-45-48-51-54-61(65)63-59(58-70-72(67,68)69-57-56-64(4,5)6)60(53-50-47-44-41-38-24-21-18-15-12-9-3)71-62(66)55-52-49-46-43-40-37-28-26-23-20-17-14-11-8-2/h10-11,13-14,19-20,22-23,27,29,31-32,34-35,39,42,50,53,59-60H,7-9,12,15-18,21,24-26,28,30,33,36-38,40-41,43-49,51-52,54-58H2,1-6H3,(H-,63,65,67,68)/b13-10-,14-11+,22-19-,23-20+,29-27-,32-31-,35-34-,42-39-,53-50-. The molecule has 72 heavy (non-hydrogen) atoms. The lowest BCUT2D eigenvalue weighted by Gasteiger charge is -2.30. The molecule has 9 nitrogen and oxygen atoms in total. The lowest BCUT2D eigenvalue weighted by molar-refractivity contribution is -0.870. The first kappa shape index (κ1) is 68.7. The Morgan fingerprint density at radius 1 is 0.500 bits per heavy atom. The van der Waals surface area contributed by atoms with Crippen molar-refractivity contribution >= 4 is 19.7 Å². The van der Waals surface area contributed by atoms with E-state index in [0.29, 0.717) is 23.9 Å². The van der Waals surface area contributed by atoms with E-state index in [1.165, 1.54) is 64.2 Å². The largest absolute Gasteiger partial charge is 0.756 e. The van der Waals surface area contributed by atoms with Gasteiger partial charge in [0.05, 0.1) is 33.8 Å². The van der Waals surface area contributed by atoms with Gasteiger partial charge in [-0.15, -0.1) is 0 Å². The van der Waals surface area contributed by atoms with Gasteiger partial charge in [-0.2, -0.15) is 0 Å². The fraction of sp³-hybridized carbons (Fsp3) is 0.677. The Hall–Kier alpha value is -3.33. The molecule has 0 aromatic carbocycles. The van der Waals surface area contributed by atoms with E-state index in [-0.39, 0.29) is 31.3 Å². The Kier molecular flexibility index (Phi) is 48.8. The predicted molar refractivity (Wildman–Crippen MR) is 307 cm³/mol. The summed E-state index contributed by atoms with van der Waals surface area (Å²) >= 11 is 0. The van der Waals surface area contributed by atoms with E-state index >= 15 is 0 Å². The molecular formula is C62H107N2O7P. The van der Waals surface area contributed by atoms with Crippen LogP contribution in [0.2, 0.25) is 0 Å². The molecule has 0 heterocycles. The molecule has 0 radical (unpaired) electrons. The molecule has 0 aliphatic heterocycles. The third-order valence-electron chi connectivity index (χ3n) is 11.9. The summed E-state index contributed by atoms with van der Waals surface area (Å²) in [5.41, 5.74) is 0. The fourth-order valence-electron chi connectivity index (χ4n) is 7.56. The molecule has 0 saturated carbocycles. The Bertz CT molecular complexity index is 1600. The molecule has 0 saturated heterocycles. The van der Waals surface area contributed by atoms with Gasteiger partial charge >= 0.3 is 5.97 Å². The molecule has 0 aliphatic rings. The topological polar surface area (TPSA) is 114 Å². The first-order chi connectivity index (χ1) is 34.9. The van der Waals surface area contributed by atoms with Crippen molar-refractivity contribution in [1.29, 1.82) is 0 Å². The number of hydrogen-bond donors (Lipinski definition) is 1. The van der Waals surface area contributed by atoms with Crippen molar-refractivity contribution in [1.82, 2.24) is 5.32 Å². The second kappa shape index (κ2) is 51.2. The van der Waals surface area contributed by atoms with E-state index in [0.717, 1.165) is 109 Å². The number of likely N-dealkylation sites (N-methyl/N-ethyl adjacent to an activating group) is 1. The number of ether oxygens (including phenoxy) is 1. The van der Waals surface area contributed by atoms with Crippen LogP contribution < -0.4 is 10.2 Å². The number of quaternary nitrogens is 1. The summed E-state index contributed by atoms with van der Waals surface area (Å²) in [5.74, 6) is -0.611. The number of amides is 1. The van der Waals surface area contributed by atoms with Crippen LogP contribution >= 0.6 is 7.82 Å². The number of allylic oxidation sites excluding steroid dienone is 17. The number of hydrogen-bond acceptors (Lipinski definition) is 7. The highest BCUT2D eigenvalue weighted by atomic mass is 31.2. The molecule has 10 heteroatoms. The minimum Gasteiger partial charge on any atom is -0.756 e. The van der Waals surface area contributed by atoms with Gasteiger partial charge in [0.25, 0.3) is 7.82 Å². The number of unbranched alkanes of at least 4 members (excludes halogenated alkanes) is 18. The number of phosphoric ester groups is 1. The SMILES string of the molecule is CC/C=C\C/C=C\C/C=C\C/C=C\C/C=C\C/C=C\CCCCC(=O)NC(COP(=O)([O-])OCC[N+](C)(C)C)C(/C=C\CCCCCCCCCCC)OC(=O)CCCCCCCCC/C=C/C/C=C/CC. The average molecular weight is 1020 g/mol. The molecule has 0 spiro atoms. The van der Waals surface area contributed by atoms with Crippen molar-refractivity contribution in [3.8, 4) is 0 Å². The Balaban J connectivity index is 5.39. The molecule has 0 rings (SSSR count). The van der Waals surface area contributed by atoms with Gasteiger partial charge in [0.15, 0.2) is 0 Å². The maximum atomic E-state index is 13.5. The Morgan fingerprint density at radius 3 is 1.35 bits per heavy atom. The molecule has 412 valence electrons. The van der Waals surface area contributed by atoms with Crippen LogP contribution in [0.5, 0.6) is 0 Å². The Morgan fingerprint density at radius 2 is 0.889 bits per heavy atom. The van der Waals surface area contributed by atoms with Crippen molar-refractivity contribution in [2.45, 2.75) is 232 Å². The second-order valence-corrected chi connectivity index (χ2v) is 21.4. The molecule has 0 aliphatic carbocycles. The first-order valence-corrected chi connectivity index (χ1v) is 30.2. The van der Waals surface area contributed by atoms with Crippen molar-refractivity contribution in [3.05, 3.63) is 109 Å². The number of nitrogens with zero attached hydrogens (tertiary/aromatic N) is 1. The smallest absolute Gasteiger partial charge is 0.306 e. The number of rotatable bonds is 50. The molecule has 3 atom stereocenters. The number of phosphoric acid groups is 1. The summed E-state index contributed by atoms with van der Waals surface area (Å²) in [7, 11) is 1.13. The third-order valence-corrected chi connectivity index (χ3v) is 12.9. The van der Waals surface area contributed by atoms with Crippen LogP contribution in [0, 0.1) is 0 Å². The summed E-state index contributed by atoms with van der Waals surface area (Å²) in [5, 5.41) is 2.99. The molecule has 1 N–H and O–H groups in total. The van der Waals surface area contributed by atoms with Crippen LogP contribution in [0.15, 0.2) is 109 Å². The zero-order chi connectivity index (χ0) is 52.9. The second-order valence-electron chi connectivity index (χ2n) is 20.0. The molecule has 0 fully saturated rings. The summed E-state index contributed by atoms with van der Waals surface area (Å²) in [6.07, 6.45) is 69.2. The van der Waals surface area contributed by atoms with Crippen molar-refractivity contribution < 1.29 is 37.3 Å². The van der Waals surface area contributed by atoms with Gasteiger partial charge in [0, 0.05) is 12.8 Å². The number of nitrogens with one attached hydrogen (secondary N) is 1. The molecule has 0 aromatic heterocycles. The van der Waals surface area contributed by atoms with Crippen LogP contribution in [0.4, 0.5) is 0 Å². The average Bonchev–Trinajstić information content (AvgIpc) is 3.34. The Labute approximate surface area is 442 Å². The minimum atomic E-state index is -4.71. The zero-order valence-electron chi connectivity index (χ0n) is 46.8. The maximum absolute atomic E-state index is 13.5. The molecule has 0 aromatic rings. The van der Waals surface area contributed by atoms with E-state index in [4.69, 9.17) is 13.8 Å². The van der Waals surface area contributed by atoms with Crippen molar-refractivity contribution in [2.75, 3.05) is 40.9 Å². The van der Waals surface area contributed by atoms with Gasteiger partial charge < -0.3 is 28.5 Å². The summed E-state index contributed by atoms with van der Waals surface area (Å²) in [4.78, 5) is 39.8. The number of carbonyl (C=O) groups excluding carboxylic acids is 2. The van der Waals surface area contributed by atoms with Gasteiger partial charge in [0.2, 0.25) is 5.91 Å². The summed E-state index contributed by atoms with van der Waals surface area (Å²) in [6.45, 7) is 6.55. The summed E-state index contributed by atoms with van der Waals surface area (Å²) in [6, 6.07) is -0.920. The maximum Gasteiger partial charge on any atom is 0.306 e. The van der Waals surface area contributed by atoms with Crippen LogP contribution in [-0.2, 0) is 27.9 Å². The van der Waals surface area contributed by atoms with E-state index in [1.54, 1.807) is 0 Å². The molecule has 1 amide bonds. The quantitative estimate of drug-likeness (QED) is 0.0212. The van der Waals surface area contributed by atoms with Crippen LogP contribution in [0.3, 0.4) is 0 Å². The zero-order valence-corrected chi connectivity index (χ0v) is 47.7. The highest BCUT2D eigenvalue weighted by Crippen LogP contribution is 2.38. The molecular weight excluding hydrogens is 916 g/mol. The lowest BCUT2D eigenvalue weighted by atomic mass is 10.1. The van der Waals surface area contributed by atoms with E-state index in [2.05, 4.69) is 123 Å². The first-order valence-electron chi connectivity index (χ1n) is 28.7. The van der Waals surface area contributed by atoms with Gasteiger partial charge in [-0.25, -0.2) is 0 Å². The van der Waals surface area contributed by atoms with Gasteiger partial charge in [-0.1, -0.05) is 208 Å². The summed E-state index contributed by atoms with van der Waals surface area (Å²) < 4.78 is 30.2. The highest BCUT2D eigenvalue weighted by molar-refractivity contribution is 7.45. The lowest BCUT2D eigenvalue weighted by Crippen LogP contribution is -2.47.